The van der Waals surface area contributed by atoms with Crippen LogP contribution in [-0.4, -0.2) is 80.7 Å². The van der Waals surface area contributed by atoms with Crippen LogP contribution in [-0.2, 0) is 48.0 Å². The zero-order valence-electron chi connectivity index (χ0n) is 36.3. The molecule has 5 rings (SSSR count). The van der Waals surface area contributed by atoms with Crippen molar-refractivity contribution in [1.29, 1.82) is 0 Å². The van der Waals surface area contributed by atoms with Gasteiger partial charge in [-0.05, 0) is 77.1 Å². The predicted molar refractivity (Wildman–Crippen MR) is 235 cm³/mol. The number of ketones is 1. The van der Waals surface area contributed by atoms with E-state index in [4.69, 9.17) is 10.5 Å². The molecule has 0 bridgehead atoms. The van der Waals surface area contributed by atoms with Crippen molar-refractivity contribution in [3.8, 4) is 0 Å². The second kappa shape index (κ2) is 24.0. The maximum absolute atomic E-state index is 15.3. The van der Waals surface area contributed by atoms with Crippen molar-refractivity contribution in [3.05, 3.63) is 126 Å². The van der Waals surface area contributed by atoms with Gasteiger partial charge < -0.3 is 21.1 Å². The number of benzene rings is 1. The van der Waals surface area contributed by atoms with Crippen molar-refractivity contribution < 1.29 is 28.7 Å². The highest BCUT2D eigenvalue weighted by atomic mass is 16.5. The molecule has 1 aromatic carbocycles. The van der Waals surface area contributed by atoms with Crippen LogP contribution < -0.4 is 21.8 Å². The third kappa shape index (κ3) is 14.7. The predicted octanol–water partition coefficient (Wildman–Crippen LogP) is 4.89. The van der Waals surface area contributed by atoms with Crippen LogP contribution in [0.15, 0.2) is 104 Å². The molecule has 4 aromatic rings. The standard InChI is InChI=1S/C48H62N8O6/c1-32(2)45(53-40(57)25-36-15-11-21-51-28-36)47(60)43(44(49)38-17-9-6-10-18-38)39(62-42(59)27-34-19-23-50-24-20-34)31-56(30-35-13-7-5-8-14-35)55-48(61)46(33(3)4)54-41(58)26-37-16-12-22-52-29-37/h6,9-12,15-24,28-29,32-33,35,39,43-46H,5,7-8,13-14,25-27,30-31,49H2,1-4H3,(H,53,57)(H,54,58)(H,55,61)/t39?,43?,44?,45-,46-/m0/s1. The topological polar surface area (TPSA) is 199 Å². The van der Waals surface area contributed by atoms with Gasteiger partial charge in [0.15, 0.2) is 5.78 Å². The summed E-state index contributed by atoms with van der Waals surface area (Å²) in [6.45, 7) is 7.68. The van der Waals surface area contributed by atoms with Crippen molar-refractivity contribution in [1.82, 2.24) is 36.0 Å². The van der Waals surface area contributed by atoms with Crippen LogP contribution >= 0.6 is 0 Å². The Morgan fingerprint density at radius 2 is 1.27 bits per heavy atom. The molecule has 330 valence electrons. The van der Waals surface area contributed by atoms with Gasteiger partial charge in [-0.15, -0.1) is 0 Å². The number of nitrogens with one attached hydrogen (secondary N) is 3. The number of hydrogen-bond donors (Lipinski definition) is 4. The van der Waals surface area contributed by atoms with Gasteiger partial charge in [-0.1, -0.05) is 89.4 Å². The number of aromatic nitrogens is 3. The van der Waals surface area contributed by atoms with E-state index in [1.54, 1.807) is 78.6 Å². The number of carbonyl (C=O) groups is 5. The zero-order valence-corrected chi connectivity index (χ0v) is 36.3. The fraction of sp³-hybridized carbons (Fsp3) is 0.458. The van der Waals surface area contributed by atoms with Crippen LogP contribution in [0.25, 0.3) is 0 Å². The minimum atomic E-state index is -1.20. The molecule has 1 aliphatic carbocycles. The molecule has 1 fully saturated rings. The molecular formula is C48H62N8O6. The maximum atomic E-state index is 15.3. The molecule has 5 N–H and O–H groups in total. The number of Topliss-reactive ketones (excluding diaryl/α,β-unsaturated/α-hetero) is 1. The van der Waals surface area contributed by atoms with E-state index in [2.05, 4.69) is 31.0 Å². The van der Waals surface area contributed by atoms with Crippen LogP contribution in [0.2, 0.25) is 0 Å². The number of ether oxygens (including phenoxy) is 1. The lowest BCUT2D eigenvalue weighted by Crippen LogP contribution is -2.59. The Labute approximate surface area is 365 Å². The van der Waals surface area contributed by atoms with E-state index in [-0.39, 0.29) is 55.4 Å². The molecule has 1 aliphatic rings. The number of rotatable bonds is 22. The van der Waals surface area contributed by atoms with Crippen LogP contribution in [0.1, 0.15) is 88.1 Å². The van der Waals surface area contributed by atoms with E-state index < -0.39 is 47.8 Å². The SMILES string of the molecule is CC(C)[C@H](NC(=O)Cc1cccnc1)C(=O)NN(CC1CCCCC1)CC(OC(=O)Cc1ccncc1)C(C(=O)[C@@H](NC(=O)Cc1cccnc1)C(C)C)C(N)c1ccccc1. The molecule has 1 saturated carbocycles. The molecule has 3 aromatic heterocycles. The molecule has 62 heavy (non-hydrogen) atoms. The number of esters is 1. The summed E-state index contributed by atoms with van der Waals surface area (Å²) in [5.41, 5.74) is 12.9. The monoisotopic (exact) mass is 846 g/mol. The van der Waals surface area contributed by atoms with Crippen LogP contribution in [0, 0.1) is 23.7 Å². The second-order valence-corrected chi connectivity index (χ2v) is 17.0. The quantitative estimate of drug-likeness (QED) is 0.0621. The fourth-order valence-electron chi connectivity index (χ4n) is 8.00. The second-order valence-electron chi connectivity index (χ2n) is 17.0. The van der Waals surface area contributed by atoms with E-state index in [9.17, 15) is 19.2 Å². The number of hydrogen-bond acceptors (Lipinski definition) is 11. The van der Waals surface area contributed by atoms with Gasteiger partial charge in [-0.25, -0.2) is 5.01 Å². The Morgan fingerprint density at radius 3 is 1.82 bits per heavy atom. The van der Waals surface area contributed by atoms with Crippen molar-refractivity contribution in [2.24, 2.45) is 29.4 Å². The molecule has 3 unspecified atom stereocenters. The highest BCUT2D eigenvalue weighted by Gasteiger charge is 2.43. The molecule has 0 spiro atoms. The van der Waals surface area contributed by atoms with Gasteiger partial charge in [-0.2, -0.15) is 0 Å². The molecular weight excluding hydrogens is 785 g/mol. The molecule has 0 saturated heterocycles. The van der Waals surface area contributed by atoms with E-state index in [0.717, 1.165) is 32.1 Å². The fourth-order valence-corrected chi connectivity index (χ4v) is 8.00. The van der Waals surface area contributed by atoms with Crippen molar-refractivity contribution in [2.75, 3.05) is 13.1 Å². The number of nitrogens with zero attached hydrogens (tertiary/aromatic N) is 4. The van der Waals surface area contributed by atoms with E-state index >= 15 is 4.79 Å². The highest BCUT2D eigenvalue weighted by molar-refractivity contribution is 5.92. The molecule has 3 amide bonds. The van der Waals surface area contributed by atoms with E-state index in [1.165, 1.54) is 0 Å². The summed E-state index contributed by atoms with van der Waals surface area (Å²) in [5, 5.41) is 7.61. The maximum Gasteiger partial charge on any atom is 0.310 e. The molecule has 14 heteroatoms. The summed E-state index contributed by atoms with van der Waals surface area (Å²) >= 11 is 0. The van der Waals surface area contributed by atoms with Gasteiger partial charge in [0.05, 0.1) is 37.8 Å². The first-order valence-electron chi connectivity index (χ1n) is 21.7. The van der Waals surface area contributed by atoms with Gasteiger partial charge >= 0.3 is 5.97 Å². The number of hydrazine groups is 1. The average Bonchev–Trinajstić information content (AvgIpc) is 3.26. The average molecular weight is 847 g/mol. The molecule has 0 radical (unpaired) electrons. The minimum absolute atomic E-state index is 0.00108. The lowest BCUT2D eigenvalue weighted by atomic mass is 9.80. The number of amides is 3. The summed E-state index contributed by atoms with van der Waals surface area (Å²) in [6.07, 6.45) is 13.4. The molecule has 3 heterocycles. The third-order valence-corrected chi connectivity index (χ3v) is 11.3. The summed E-state index contributed by atoms with van der Waals surface area (Å²) in [5.74, 6) is -3.83. The number of pyridine rings is 3. The first kappa shape index (κ1) is 47.2. The van der Waals surface area contributed by atoms with E-state index in [0.29, 0.717) is 28.8 Å². The van der Waals surface area contributed by atoms with Crippen molar-refractivity contribution >= 4 is 29.5 Å². The highest BCUT2D eigenvalue weighted by Crippen LogP contribution is 2.30. The molecule has 5 atom stereocenters. The van der Waals surface area contributed by atoms with Crippen molar-refractivity contribution in [2.45, 2.75) is 103 Å². The molecule has 14 nitrogen and oxygen atoms in total. The lowest BCUT2D eigenvalue weighted by Gasteiger charge is -2.38. The van der Waals surface area contributed by atoms with Crippen LogP contribution in [0.4, 0.5) is 0 Å². The molecule has 0 aliphatic heterocycles. The van der Waals surface area contributed by atoms with Gasteiger partial charge in [0.25, 0.3) is 5.91 Å². The normalized spacial score (nSPS) is 15.5. The Morgan fingerprint density at radius 1 is 0.694 bits per heavy atom. The minimum Gasteiger partial charge on any atom is -0.460 e. The van der Waals surface area contributed by atoms with Gasteiger partial charge in [-0.3, -0.25) is 44.4 Å². The number of nitrogens with two attached hydrogens (primary N) is 1. The number of carbonyl (C=O) groups excluding carboxylic acids is 5. The Bertz CT molecular complexity index is 2020. The first-order chi connectivity index (χ1) is 29.9. The summed E-state index contributed by atoms with van der Waals surface area (Å²) in [6, 6.07) is 16.7. The van der Waals surface area contributed by atoms with Crippen molar-refractivity contribution in [3.63, 3.8) is 0 Å². The summed E-state index contributed by atoms with van der Waals surface area (Å²) in [7, 11) is 0. The van der Waals surface area contributed by atoms with Gasteiger partial charge in [0, 0.05) is 49.8 Å². The van der Waals surface area contributed by atoms with Crippen LogP contribution in [0.5, 0.6) is 0 Å². The summed E-state index contributed by atoms with van der Waals surface area (Å²) < 4.78 is 6.40. The van der Waals surface area contributed by atoms with Gasteiger partial charge in [0.1, 0.15) is 12.1 Å². The Hall–Kier alpha value is -5.86. The summed E-state index contributed by atoms with van der Waals surface area (Å²) in [4.78, 5) is 82.8. The first-order valence-corrected chi connectivity index (χ1v) is 21.7. The van der Waals surface area contributed by atoms with E-state index in [1.807, 2.05) is 58.0 Å². The van der Waals surface area contributed by atoms with Crippen LogP contribution in [0.3, 0.4) is 0 Å². The third-order valence-electron chi connectivity index (χ3n) is 11.3. The Kier molecular flexibility index (Phi) is 18.2. The zero-order chi connectivity index (χ0) is 44.4. The largest absolute Gasteiger partial charge is 0.460 e. The Balaban J connectivity index is 1.51. The smallest absolute Gasteiger partial charge is 0.310 e. The van der Waals surface area contributed by atoms with Gasteiger partial charge in [0.2, 0.25) is 11.8 Å². The lowest BCUT2D eigenvalue weighted by molar-refractivity contribution is -0.157.